The first kappa shape index (κ1) is 14.9. The van der Waals surface area contributed by atoms with E-state index in [-0.39, 0.29) is 11.7 Å². The van der Waals surface area contributed by atoms with E-state index in [0.29, 0.717) is 14.8 Å². The van der Waals surface area contributed by atoms with Crippen LogP contribution in [0, 0.1) is 0 Å². The molecule has 0 aliphatic carbocycles. The molecule has 106 valence electrons. The summed E-state index contributed by atoms with van der Waals surface area (Å²) >= 11 is 5.98. The van der Waals surface area contributed by atoms with Crippen LogP contribution in [0.4, 0.5) is 13.2 Å². The highest BCUT2D eigenvalue weighted by Crippen LogP contribution is 2.26. The number of carbonyl (C=O) groups is 1. The molecule has 20 heavy (non-hydrogen) atoms. The van der Waals surface area contributed by atoms with Gasteiger partial charge in [-0.05, 0) is 23.8 Å². The van der Waals surface area contributed by atoms with E-state index in [2.05, 4.69) is 10.1 Å². The van der Waals surface area contributed by atoms with E-state index >= 15 is 0 Å². The minimum Gasteiger partial charge on any atom is -0.484 e. The maximum Gasteiger partial charge on any atom is 0.422 e. The molecule has 1 aromatic rings. The van der Waals surface area contributed by atoms with Gasteiger partial charge >= 0.3 is 6.18 Å². The quantitative estimate of drug-likeness (QED) is 0.686. The smallest absolute Gasteiger partial charge is 0.422 e. The lowest BCUT2D eigenvalue weighted by Crippen LogP contribution is -2.19. The molecule has 8 heteroatoms. The number of benzene rings is 1. The van der Waals surface area contributed by atoms with Crippen molar-refractivity contribution in [3.05, 3.63) is 34.7 Å². The highest BCUT2D eigenvalue weighted by molar-refractivity contribution is 8.26. The Balaban J connectivity index is 2.03. The van der Waals surface area contributed by atoms with E-state index in [1.54, 1.807) is 18.2 Å². The normalized spacial score (nSPS) is 17.4. The van der Waals surface area contributed by atoms with Gasteiger partial charge in [0.05, 0.1) is 4.91 Å². The number of thioether (sulfide) groups is 1. The second kappa shape index (κ2) is 5.84. The van der Waals surface area contributed by atoms with Gasteiger partial charge in [-0.15, -0.1) is 0 Å². The molecule has 1 aliphatic rings. The van der Waals surface area contributed by atoms with E-state index in [9.17, 15) is 18.0 Å². The van der Waals surface area contributed by atoms with E-state index < -0.39 is 12.8 Å². The summed E-state index contributed by atoms with van der Waals surface area (Å²) < 4.78 is 40.9. The van der Waals surface area contributed by atoms with Crippen LogP contribution in [0.25, 0.3) is 6.08 Å². The van der Waals surface area contributed by atoms with Crippen LogP contribution in [0.3, 0.4) is 0 Å². The van der Waals surface area contributed by atoms with Gasteiger partial charge in [-0.25, -0.2) is 0 Å². The van der Waals surface area contributed by atoms with Gasteiger partial charge in [0, 0.05) is 0 Å². The maximum absolute atomic E-state index is 12.0. The van der Waals surface area contributed by atoms with Crippen molar-refractivity contribution in [1.29, 1.82) is 0 Å². The second-order valence-corrected chi connectivity index (χ2v) is 5.54. The van der Waals surface area contributed by atoms with Gasteiger partial charge in [0.25, 0.3) is 5.91 Å². The Morgan fingerprint density at radius 2 is 1.95 bits per heavy atom. The second-order valence-electron chi connectivity index (χ2n) is 3.83. The fourth-order valence-corrected chi connectivity index (χ4v) is 2.44. The number of hydrogen-bond acceptors (Lipinski definition) is 4. The molecule has 0 radical (unpaired) electrons. The first-order valence-corrected chi connectivity index (χ1v) is 6.60. The van der Waals surface area contributed by atoms with Crippen molar-refractivity contribution in [2.75, 3.05) is 6.61 Å². The van der Waals surface area contributed by atoms with Crippen LogP contribution < -0.4 is 10.1 Å². The lowest BCUT2D eigenvalue weighted by molar-refractivity contribution is -0.153. The molecule has 0 unspecified atom stereocenters. The molecule has 1 aliphatic heterocycles. The molecule has 0 bridgehead atoms. The summed E-state index contributed by atoms with van der Waals surface area (Å²) in [5, 5.41) is 2.47. The molecular weight excluding hydrogens is 311 g/mol. The summed E-state index contributed by atoms with van der Waals surface area (Å²) in [5.74, 6) is -0.166. The van der Waals surface area contributed by atoms with Crippen molar-refractivity contribution in [2.45, 2.75) is 6.18 Å². The number of thiocarbonyl (C=S) groups is 1. The first-order chi connectivity index (χ1) is 9.33. The topological polar surface area (TPSA) is 38.3 Å². The molecule has 0 atom stereocenters. The summed E-state index contributed by atoms with van der Waals surface area (Å²) in [6, 6.07) is 5.95. The number of hydrogen-bond donors (Lipinski definition) is 1. The molecule has 1 amide bonds. The van der Waals surface area contributed by atoms with Gasteiger partial charge < -0.3 is 10.1 Å². The van der Waals surface area contributed by atoms with Crippen molar-refractivity contribution in [3.63, 3.8) is 0 Å². The molecule has 1 aromatic carbocycles. The molecule has 3 nitrogen and oxygen atoms in total. The van der Waals surface area contributed by atoms with Gasteiger partial charge in [-0.1, -0.05) is 36.1 Å². The number of rotatable bonds is 3. The van der Waals surface area contributed by atoms with E-state index in [1.165, 1.54) is 12.1 Å². The number of amides is 1. The summed E-state index contributed by atoms with van der Waals surface area (Å²) in [6.07, 6.45) is -2.76. The summed E-state index contributed by atoms with van der Waals surface area (Å²) in [7, 11) is 0. The molecule has 0 aromatic heterocycles. The maximum atomic E-state index is 12.0. The van der Waals surface area contributed by atoms with Crippen molar-refractivity contribution in [2.24, 2.45) is 0 Å². The third-order valence-corrected chi connectivity index (χ3v) is 3.39. The Morgan fingerprint density at radius 3 is 2.45 bits per heavy atom. The molecular formula is C12H8F3NO2S2. The SMILES string of the molecule is O=C1NC(=S)SC1=Cc1ccc(OCC(F)(F)F)cc1. The monoisotopic (exact) mass is 319 g/mol. The molecule has 1 fully saturated rings. The Bertz CT molecular complexity index is 567. The Labute approximate surface area is 122 Å². The minimum atomic E-state index is -4.37. The highest BCUT2D eigenvalue weighted by Gasteiger charge is 2.28. The number of ether oxygens (including phenoxy) is 1. The zero-order valence-corrected chi connectivity index (χ0v) is 11.5. The largest absolute Gasteiger partial charge is 0.484 e. The number of nitrogens with one attached hydrogen (secondary N) is 1. The van der Waals surface area contributed by atoms with E-state index in [1.807, 2.05) is 0 Å². The zero-order chi connectivity index (χ0) is 14.8. The van der Waals surface area contributed by atoms with E-state index in [4.69, 9.17) is 12.2 Å². The molecule has 1 N–H and O–H groups in total. The van der Waals surface area contributed by atoms with Gasteiger partial charge in [0.15, 0.2) is 6.61 Å². The van der Waals surface area contributed by atoms with Gasteiger partial charge in [-0.2, -0.15) is 13.2 Å². The van der Waals surface area contributed by atoms with Crippen LogP contribution in [-0.4, -0.2) is 23.0 Å². The van der Waals surface area contributed by atoms with Crippen LogP contribution in [-0.2, 0) is 4.79 Å². The molecule has 2 rings (SSSR count). The third-order valence-electron chi connectivity index (χ3n) is 2.22. The third kappa shape index (κ3) is 4.24. The van der Waals surface area contributed by atoms with Crippen molar-refractivity contribution in [3.8, 4) is 5.75 Å². The molecule has 0 saturated carbocycles. The van der Waals surface area contributed by atoms with Crippen molar-refractivity contribution < 1.29 is 22.7 Å². The first-order valence-electron chi connectivity index (χ1n) is 5.38. The molecule has 0 spiro atoms. The van der Waals surface area contributed by atoms with E-state index in [0.717, 1.165) is 11.8 Å². The molecule has 1 saturated heterocycles. The van der Waals surface area contributed by atoms with Crippen LogP contribution in [0.1, 0.15) is 5.56 Å². The predicted octanol–water partition coefficient (Wildman–Crippen LogP) is 3.12. The fourth-order valence-electron chi connectivity index (χ4n) is 1.40. The Hall–Kier alpha value is -1.54. The Morgan fingerprint density at radius 1 is 1.30 bits per heavy atom. The lowest BCUT2D eigenvalue weighted by Gasteiger charge is -2.08. The van der Waals surface area contributed by atoms with Crippen LogP contribution in [0.15, 0.2) is 29.2 Å². The summed E-state index contributed by atoms with van der Waals surface area (Å²) in [4.78, 5) is 11.9. The van der Waals surface area contributed by atoms with Crippen molar-refractivity contribution in [1.82, 2.24) is 5.32 Å². The fraction of sp³-hybridized carbons (Fsp3) is 0.167. The predicted molar refractivity (Wildman–Crippen MR) is 74.3 cm³/mol. The summed E-state index contributed by atoms with van der Waals surface area (Å²) in [5.41, 5.74) is 0.673. The zero-order valence-electron chi connectivity index (χ0n) is 9.86. The minimum absolute atomic E-state index is 0.114. The number of halogens is 3. The average Bonchev–Trinajstić information content (AvgIpc) is 2.66. The molecule has 1 heterocycles. The number of carbonyl (C=O) groups excluding carboxylic acids is 1. The number of alkyl halides is 3. The van der Waals surface area contributed by atoms with Crippen LogP contribution in [0.2, 0.25) is 0 Å². The van der Waals surface area contributed by atoms with Crippen LogP contribution in [0.5, 0.6) is 5.75 Å². The standard InChI is InChI=1S/C12H8F3NO2S2/c13-12(14,15)6-18-8-3-1-7(2-4-8)5-9-10(17)16-11(19)20-9/h1-5H,6H2,(H,16,17,19). The van der Waals surface area contributed by atoms with Gasteiger partial charge in [0.2, 0.25) is 0 Å². The van der Waals surface area contributed by atoms with Crippen LogP contribution >= 0.6 is 24.0 Å². The average molecular weight is 319 g/mol. The van der Waals surface area contributed by atoms with Gasteiger partial charge in [0.1, 0.15) is 10.1 Å². The Kier molecular flexibility index (Phi) is 4.34. The summed E-state index contributed by atoms with van der Waals surface area (Å²) in [6.45, 7) is -1.33. The van der Waals surface area contributed by atoms with Crippen molar-refractivity contribution >= 4 is 40.3 Å². The highest BCUT2D eigenvalue weighted by atomic mass is 32.2. The lowest BCUT2D eigenvalue weighted by atomic mass is 10.2. The van der Waals surface area contributed by atoms with Gasteiger partial charge in [-0.3, -0.25) is 4.79 Å².